The van der Waals surface area contributed by atoms with Gasteiger partial charge in [0.2, 0.25) is 17.2 Å². The van der Waals surface area contributed by atoms with E-state index in [0.717, 1.165) is 32.2 Å². The van der Waals surface area contributed by atoms with Gasteiger partial charge in [0.05, 0.1) is 5.60 Å². The van der Waals surface area contributed by atoms with Gasteiger partial charge in [0.1, 0.15) is 0 Å². The quantitative estimate of drug-likeness (QED) is 0.749. The lowest BCUT2D eigenvalue weighted by molar-refractivity contribution is -0.000899. The second-order valence-corrected chi connectivity index (χ2v) is 6.30. The minimum atomic E-state index is -0.687. The highest BCUT2D eigenvalue weighted by Crippen LogP contribution is 2.32. The Morgan fingerprint density at radius 2 is 2.00 bits per heavy atom. The minimum Gasteiger partial charge on any atom is -0.388 e. The maximum atomic E-state index is 10.6. The van der Waals surface area contributed by atoms with Crippen LogP contribution in [0.4, 0.5) is 11.9 Å². The van der Waals surface area contributed by atoms with E-state index < -0.39 is 5.60 Å². The van der Waals surface area contributed by atoms with E-state index in [1.54, 1.807) is 0 Å². The van der Waals surface area contributed by atoms with Gasteiger partial charge in [-0.15, -0.1) is 0 Å². The summed E-state index contributed by atoms with van der Waals surface area (Å²) in [5, 5.41) is 16.9. The summed E-state index contributed by atoms with van der Waals surface area (Å²) in [6.07, 6.45) is 4.83. The Kier molecular flexibility index (Phi) is 5.58. The molecule has 1 aliphatic rings. The SMILES string of the molecule is CCCNc1nc(Cl)nc(NCC2(O)CCCC(C)C2)n1. The van der Waals surface area contributed by atoms with Gasteiger partial charge in [-0.05, 0) is 36.8 Å². The molecule has 0 aliphatic heterocycles. The zero-order chi connectivity index (χ0) is 15.3. The van der Waals surface area contributed by atoms with Crippen LogP contribution < -0.4 is 10.6 Å². The summed E-state index contributed by atoms with van der Waals surface area (Å²) in [7, 11) is 0. The summed E-state index contributed by atoms with van der Waals surface area (Å²) in [6.45, 7) is 5.46. The van der Waals surface area contributed by atoms with Crippen LogP contribution in [-0.4, -0.2) is 38.7 Å². The highest BCUT2D eigenvalue weighted by molar-refractivity contribution is 6.28. The lowest BCUT2D eigenvalue weighted by Crippen LogP contribution is -2.41. The zero-order valence-electron chi connectivity index (χ0n) is 12.7. The normalized spacial score (nSPS) is 25.6. The van der Waals surface area contributed by atoms with E-state index in [1.165, 1.54) is 6.42 Å². The van der Waals surface area contributed by atoms with Gasteiger partial charge in [0.15, 0.2) is 0 Å². The fourth-order valence-electron chi connectivity index (χ4n) is 2.78. The zero-order valence-corrected chi connectivity index (χ0v) is 13.4. The molecule has 2 rings (SSSR count). The van der Waals surface area contributed by atoms with Crippen LogP contribution in [-0.2, 0) is 0 Å². The topological polar surface area (TPSA) is 83.0 Å². The molecule has 2 unspecified atom stereocenters. The summed E-state index contributed by atoms with van der Waals surface area (Å²) >= 11 is 5.90. The standard InChI is InChI=1S/C14H24ClN5O/c1-3-7-16-12-18-11(15)19-13(20-12)17-9-14(21)6-4-5-10(2)8-14/h10,21H,3-9H2,1-2H3,(H2,16,17,18,19,20). The van der Waals surface area contributed by atoms with Crippen molar-refractivity contribution in [3.63, 3.8) is 0 Å². The molecule has 0 saturated heterocycles. The van der Waals surface area contributed by atoms with Crippen LogP contribution in [0, 0.1) is 5.92 Å². The maximum absolute atomic E-state index is 10.6. The molecule has 1 heterocycles. The van der Waals surface area contributed by atoms with E-state index in [0.29, 0.717) is 24.4 Å². The molecule has 0 aromatic carbocycles. The van der Waals surface area contributed by atoms with E-state index in [2.05, 4.69) is 39.4 Å². The van der Waals surface area contributed by atoms with E-state index in [9.17, 15) is 5.11 Å². The highest BCUT2D eigenvalue weighted by Gasteiger charge is 2.32. The number of nitrogens with one attached hydrogen (secondary N) is 2. The van der Waals surface area contributed by atoms with Gasteiger partial charge in [0.25, 0.3) is 0 Å². The van der Waals surface area contributed by atoms with Gasteiger partial charge < -0.3 is 15.7 Å². The van der Waals surface area contributed by atoms with E-state index in [4.69, 9.17) is 11.6 Å². The fourth-order valence-corrected chi connectivity index (χ4v) is 2.94. The van der Waals surface area contributed by atoms with Crippen molar-refractivity contribution in [2.24, 2.45) is 5.92 Å². The molecule has 0 spiro atoms. The van der Waals surface area contributed by atoms with Gasteiger partial charge in [-0.1, -0.05) is 26.7 Å². The predicted octanol–water partition coefficient (Wildman–Crippen LogP) is 2.70. The first-order valence-electron chi connectivity index (χ1n) is 7.62. The number of hydrogen-bond acceptors (Lipinski definition) is 6. The first-order valence-corrected chi connectivity index (χ1v) is 8.00. The van der Waals surface area contributed by atoms with Gasteiger partial charge in [0, 0.05) is 13.1 Å². The lowest BCUT2D eigenvalue weighted by Gasteiger charge is -2.35. The van der Waals surface area contributed by atoms with Crippen molar-refractivity contribution < 1.29 is 5.11 Å². The molecule has 3 N–H and O–H groups in total. The third-order valence-electron chi connectivity index (χ3n) is 3.78. The van der Waals surface area contributed by atoms with E-state index >= 15 is 0 Å². The Morgan fingerprint density at radius 3 is 2.67 bits per heavy atom. The van der Waals surface area contributed by atoms with E-state index in [1.807, 2.05) is 0 Å². The number of hydrogen-bond donors (Lipinski definition) is 3. The summed E-state index contributed by atoms with van der Waals surface area (Å²) in [6, 6.07) is 0. The maximum Gasteiger partial charge on any atom is 0.228 e. The molecule has 1 fully saturated rings. The van der Waals surface area contributed by atoms with Crippen molar-refractivity contribution >= 4 is 23.5 Å². The monoisotopic (exact) mass is 313 g/mol. The van der Waals surface area contributed by atoms with Crippen molar-refractivity contribution in [1.29, 1.82) is 0 Å². The number of anilines is 2. The van der Waals surface area contributed by atoms with Gasteiger partial charge >= 0.3 is 0 Å². The predicted molar refractivity (Wildman–Crippen MR) is 84.7 cm³/mol. The van der Waals surface area contributed by atoms with Crippen LogP contribution in [0.1, 0.15) is 46.0 Å². The summed E-state index contributed by atoms with van der Waals surface area (Å²) < 4.78 is 0. The second-order valence-electron chi connectivity index (χ2n) is 5.96. The molecule has 1 aromatic heterocycles. The van der Waals surface area contributed by atoms with Crippen molar-refractivity contribution in [2.45, 2.75) is 51.6 Å². The Hall–Kier alpha value is -1.14. The molecular weight excluding hydrogens is 290 g/mol. The molecule has 118 valence electrons. The molecule has 2 atom stereocenters. The molecule has 0 bridgehead atoms. The average molecular weight is 314 g/mol. The number of aromatic nitrogens is 3. The molecule has 7 heteroatoms. The van der Waals surface area contributed by atoms with Crippen molar-refractivity contribution in [3.05, 3.63) is 5.28 Å². The largest absolute Gasteiger partial charge is 0.388 e. The molecule has 6 nitrogen and oxygen atoms in total. The van der Waals surface area contributed by atoms with Crippen LogP contribution in [0.15, 0.2) is 0 Å². The van der Waals surface area contributed by atoms with Crippen LogP contribution >= 0.6 is 11.6 Å². The van der Waals surface area contributed by atoms with Crippen molar-refractivity contribution in [2.75, 3.05) is 23.7 Å². The summed E-state index contributed by atoms with van der Waals surface area (Å²) in [5.41, 5.74) is -0.687. The first kappa shape index (κ1) is 16.2. The Morgan fingerprint density at radius 1 is 1.29 bits per heavy atom. The van der Waals surface area contributed by atoms with Crippen molar-refractivity contribution in [1.82, 2.24) is 15.0 Å². The van der Waals surface area contributed by atoms with Gasteiger partial charge in [-0.2, -0.15) is 15.0 Å². The Bertz CT molecular complexity index is 473. The van der Waals surface area contributed by atoms with Crippen LogP contribution in [0.5, 0.6) is 0 Å². The second kappa shape index (κ2) is 7.22. The Balaban J connectivity index is 1.97. The van der Waals surface area contributed by atoms with Crippen LogP contribution in [0.3, 0.4) is 0 Å². The lowest BCUT2D eigenvalue weighted by atomic mass is 9.79. The molecule has 1 aliphatic carbocycles. The third-order valence-corrected chi connectivity index (χ3v) is 3.95. The molecule has 1 aromatic rings. The molecule has 1 saturated carbocycles. The Labute approximate surface area is 130 Å². The number of aliphatic hydroxyl groups is 1. The average Bonchev–Trinajstić information content (AvgIpc) is 2.42. The van der Waals surface area contributed by atoms with Gasteiger partial charge in [-0.3, -0.25) is 0 Å². The number of rotatable bonds is 6. The van der Waals surface area contributed by atoms with Crippen LogP contribution in [0.2, 0.25) is 5.28 Å². The van der Waals surface area contributed by atoms with E-state index in [-0.39, 0.29) is 5.28 Å². The van der Waals surface area contributed by atoms with Crippen molar-refractivity contribution in [3.8, 4) is 0 Å². The summed E-state index contributed by atoms with van der Waals surface area (Å²) in [5.74, 6) is 1.41. The molecule has 0 radical (unpaired) electrons. The van der Waals surface area contributed by atoms with Gasteiger partial charge in [-0.25, -0.2) is 0 Å². The first-order chi connectivity index (χ1) is 10.0. The third kappa shape index (κ3) is 4.97. The summed E-state index contributed by atoms with van der Waals surface area (Å²) in [4.78, 5) is 12.3. The highest BCUT2D eigenvalue weighted by atomic mass is 35.5. The smallest absolute Gasteiger partial charge is 0.228 e. The molecular formula is C14H24ClN5O. The minimum absolute atomic E-state index is 0.148. The van der Waals surface area contributed by atoms with Crippen LogP contribution in [0.25, 0.3) is 0 Å². The fraction of sp³-hybridized carbons (Fsp3) is 0.786. The number of nitrogens with zero attached hydrogens (tertiary/aromatic N) is 3. The number of halogens is 1. The molecule has 21 heavy (non-hydrogen) atoms. The molecule has 0 amide bonds.